The predicted molar refractivity (Wildman–Crippen MR) is 121 cm³/mol. The summed E-state index contributed by atoms with van der Waals surface area (Å²) in [4.78, 5) is 21.6. The monoisotopic (exact) mass is 512 g/mol. The third kappa shape index (κ3) is 9.70. The lowest BCUT2D eigenvalue weighted by Gasteiger charge is -2.16. The van der Waals surface area contributed by atoms with Crippen molar-refractivity contribution in [1.29, 1.82) is 0 Å². The molecule has 0 spiro atoms. The molecule has 1 rings (SSSR count). The molecule has 0 aliphatic carbocycles. The van der Waals surface area contributed by atoms with Crippen LogP contribution in [-0.2, 0) is 9.47 Å². The van der Waals surface area contributed by atoms with E-state index in [0.29, 0.717) is 17.2 Å². The van der Waals surface area contributed by atoms with Crippen molar-refractivity contribution in [2.24, 2.45) is 4.99 Å². The number of halogens is 1. The SMILES string of the molecule is CCNC(=NCCCCCOC)NC(C)c1nc(C)c(C(=O)OCC)s1.I. The zero-order valence-electron chi connectivity index (χ0n) is 17.0. The van der Waals surface area contributed by atoms with Gasteiger partial charge in [0.25, 0.3) is 0 Å². The first-order valence-corrected chi connectivity index (χ1v) is 10.0. The Balaban J connectivity index is 0.00000676. The molecule has 156 valence electrons. The molecule has 1 atom stereocenters. The average Bonchev–Trinajstić information content (AvgIpc) is 3.00. The van der Waals surface area contributed by atoms with Gasteiger partial charge in [0.15, 0.2) is 5.96 Å². The third-order valence-corrected chi connectivity index (χ3v) is 4.94. The number of aryl methyl sites for hydroxylation is 1. The molecule has 1 unspecified atom stereocenters. The van der Waals surface area contributed by atoms with E-state index in [2.05, 4.69) is 20.6 Å². The van der Waals surface area contributed by atoms with Crippen LogP contribution >= 0.6 is 35.3 Å². The van der Waals surface area contributed by atoms with Gasteiger partial charge in [-0.2, -0.15) is 0 Å². The Morgan fingerprint density at radius 3 is 2.67 bits per heavy atom. The fourth-order valence-electron chi connectivity index (χ4n) is 2.30. The van der Waals surface area contributed by atoms with Crippen LogP contribution in [0.4, 0.5) is 0 Å². The Bertz CT molecular complexity index is 581. The van der Waals surface area contributed by atoms with Crippen molar-refractivity contribution in [2.45, 2.75) is 53.0 Å². The number of ether oxygens (including phenoxy) is 2. The van der Waals surface area contributed by atoms with E-state index in [1.807, 2.05) is 20.8 Å². The maximum atomic E-state index is 12.0. The number of carbonyl (C=O) groups is 1. The lowest BCUT2D eigenvalue weighted by Crippen LogP contribution is -2.38. The summed E-state index contributed by atoms with van der Waals surface area (Å²) in [5, 5.41) is 7.45. The molecular formula is C18H33IN4O3S. The molecule has 0 fully saturated rings. The number of esters is 1. The Hall–Kier alpha value is -0.940. The number of rotatable bonds is 11. The van der Waals surface area contributed by atoms with Crippen LogP contribution < -0.4 is 10.6 Å². The molecule has 1 heterocycles. The summed E-state index contributed by atoms with van der Waals surface area (Å²) in [6, 6.07) is -0.0480. The molecule has 1 aromatic rings. The number of hydrogen-bond donors (Lipinski definition) is 2. The standard InChI is InChI=1S/C18H32N4O3S.HI/c1-6-19-18(20-11-9-8-10-12-24-5)22-14(4)16-21-13(3)15(26-16)17(23)25-7-2;/h14H,6-12H2,1-5H3,(H2,19,20,22);1H. The van der Waals surface area contributed by atoms with Gasteiger partial charge in [0, 0.05) is 26.8 Å². The predicted octanol–water partition coefficient (Wildman–Crippen LogP) is 3.68. The number of thiazole rings is 1. The van der Waals surface area contributed by atoms with E-state index in [1.54, 1.807) is 14.0 Å². The zero-order valence-corrected chi connectivity index (χ0v) is 20.1. The van der Waals surface area contributed by atoms with Gasteiger partial charge in [0.05, 0.1) is 18.3 Å². The fourth-order valence-corrected chi connectivity index (χ4v) is 3.26. The first-order chi connectivity index (χ1) is 12.5. The van der Waals surface area contributed by atoms with E-state index in [-0.39, 0.29) is 36.0 Å². The van der Waals surface area contributed by atoms with Crippen LogP contribution in [0.3, 0.4) is 0 Å². The topological polar surface area (TPSA) is 84.8 Å². The quantitative estimate of drug-likeness (QED) is 0.155. The van der Waals surface area contributed by atoms with Crippen molar-refractivity contribution < 1.29 is 14.3 Å². The van der Waals surface area contributed by atoms with Crippen LogP contribution in [0.15, 0.2) is 4.99 Å². The molecule has 0 radical (unpaired) electrons. The Morgan fingerprint density at radius 2 is 2.04 bits per heavy atom. The molecule has 0 saturated heterocycles. The first-order valence-electron chi connectivity index (χ1n) is 9.21. The van der Waals surface area contributed by atoms with Crippen LogP contribution in [0.2, 0.25) is 0 Å². The smallest absolute Gasteiger partial charge is 0.350 e. The van der Waals surface area contributed by atoms with E-state index < -0.39 is 0 Å². The van der Waals surface area contributed by atoms with Gasteiger partial charge in [-0.15, -0.1) is 35.3 Å². The molecule has 2 N–H and O–H groups in total. The van der Waals surface area contributed by atoms with Gasteiger partial charge in [-0.05, 0) is 47.0 Å². The van der Waals surface area contributed by atoms with Crippen molar-refractivity contribution in [1.82, 2.24) is 15.6 Å². The molecule has 0 saturated carbocycles. The molecule has 0 amide bonds. The summed E-state index contributed by atoms with van der Waals surface area (Å²) >= 11 is 1.37. The van der Waals surface area contributed by atoms with Gasteiger partial charge < -0.3 is 20.1 Å². The van der Waals surface area contributed by atoms with Crippen molar-refractivity contribution in [3.63, 3.8) is 0 Å². The number of hydrogen-bond acceptors (Lipinski definition) is 6. The maximum Gasteiger partial charge on any atom is 0.350 e. The summed E-state index contributed by atoms with van der Waals surface area (Å²) in [5.41, 5.74) is 0.706. The molecule has 0 aliphatic heterocycles. The second kappa shape index (κ2) is 15.0. The highest BCUT2D eigenvalue weighted by molar-refractivity contribution is 14.0. The maximum absolute atomic E-state index is 12.0. The van der Waals surface area contributed by atoms with Gasteiger partial charge in [-0.3, -0.25) is 4.99 Å². The van der Waals surface area contributed by atoms with E-state index >= 15 is 0 Å². The second-order valence-electron chi connectivity index (χ2n) is 5.87. The van der Waals surface area contributed by atoms with Crippen LogP contribution in [0.25, 0.3) is 0 Å². The first kappa shape index (κ1) is 26.1. The van der Waals surface area contributed by atoms with Crippen LogP contribution in [-0.4, -0.2) is 50.3 Å². The van der Waals surface area contributed by atoms with E-state index in [1.165, 1.54) is 11.3 Å². The Kier molecular flexibility index (Phi) is 14.5. The minimum absolute atomic E-state index is 0. The minimum Gasteiger partial charge on any atom is -0.462 e. The number of methoxy groups -OCH3 is 1. The highest BCUT2D eigenvalue weighted by Gasteiger charge is 2.20. The number of aliphatic imine (C=N–C) groups is 1. The molecular weight excluding hydrogens is 479 g/mol. The normalized spacial score (nSPS) is 12.3. The average molecular weight is 512 g/mol. The summed E-state index contributed by atoms with van der Waals surface area (Å²) in [6.45, 7) is 10.4. The molecule has 0 aromatic carbocycles. The van der Waals surface area contributed by atoms with Gasteiger partial charge in [0.1, 0.15) is 9.88 Å². The lowest BCUT2D eigenvalue weighted by atomic mass is 10.2. The number of guanidine groups is 1. The number of nitrogens with zero attached hydrogens (tertiary/aromatic N) is 2. The molecule has 0 aliphatic rings. The molecule has 0 bridgehead atoms. The number of carbonyl (C=O) groups excluding carboxylic acids is 1. The molecule has 27 heavy (non-hydrogen) atoms. The van der Waals surface area contributed by atoms with Gasteiger partial charge in [0.2, 0.25) is 0 Å². The van der Waals surface area contributed by atoms with E-state index in [0.717, 1.165) is 49.9 Å². The van der Waals surface area contributed by atoms with E-state index in [9.17, 15) is 4.79 Å². The van der Waals surface area contributed by atoms with Crippen molar-refractivity contribution >= 4 is 47.2 Å². The highest BCUT2D eigenvalue weighted by atomic mass is 127. The van der Waals surface area contributed by atoms with E-state index in [4.69, 9.17) is 9.47 Å². The van der Waals surface area contributed by atoms with Crippen molar-refractivity contribution in [3.8, 4) is 0 Å². The van der Waals surface area contributed by atoms with Crippen LogP contribution in [0.1, 0.15) is 66.4 Å². The Labute approximate surface area is 183 Å². The highest BCUT2D eigenvalue weighted by Crippen LogP contribution is 2.24. The minimum atomic E-state index is -0.308. The lowest BCUT2D eigenvalue weighted by molar-refractivity contribution is 0.0531. The van der Waals surface area contributed by atoms with Gasteiger partial charge >= 0.3 is 5.97 Å². The largest absolute Gasteiger partial charge is 0.462 e. The van der Waals surface area contributed by atoms with Gasteiger partial charge in [-0.1, -0.05) is 0 Å². The second-order valence-corrected chi connectivity index (χ2v) is 6.90. The summed E-state index contributed by atoms with van der Waals surface area (Å²) in [7, 11) is 1.72. The fraction of sp³-hybridized carbons (Fsp3) is 0.722. The number of aromatic nitrogens is 1. The molecule has 9 heteroatoms. The molecule has 1 aromatic heterocycles. The summed E-state index contributed by atoms with van der Waals surface area (Å²) < 4.78 is 10.1. The summed E-state index contributed by atoms with van der Waals surface area (Å²) in [5.74, 6) is 0.454. The van der Waals surface area contributed by atoms with Gasteiger partial charge in [-0.25, -0.2) is 9.78 Å². The number of unbranched alkanes of at least 4 members (excludes halogenated alkanes) is 2. The molecule has 7 nitrogen and oxygen atoms in total. The van der Waals surface area contributed by atoms with Crippen LogP contribution in [0, 0.1) is 6.92 Å². The van der Waals surface area contributed by atoms with Crippen LogP contribution in [0.5, 0.6) is 0 Å². The number of nitrogens with one attached hydrogen (secondary N) is 2. The Morgan fingerprint density at radius 1 is 1.30 bits per heavy atom. The van der Waals surface area contributed by atoms with Crippen molar-refractivity contribution in [3.05, 3.63) is 15.6 Å². The summed E-state index contributed by atoms with van der Waals surface area (Å²) in [6.07, 6.45) is 3.18. The zero-order chi connectivity index (χ0) is 19.4. The van der Waals surface area contributed by atoms with Crippen molar-refractivity contribution in [2.75, 3.05) is 33.4 Å². The third-order valence-electron chi connectivity index (χ3n) is 3.62.